The van der Waals surface area contributed by atoms with E-state index < -0.39 is 0 Å². The number of hydrogen-bond donors (Lipinski definition) is 1. The summed E-state index contributed by atoms with van der Waals surface area (Å²) >= 11 is 0. The molecule has 0 amide bonds. The predicted octanol–water partition coefficient (Wildman–Crippen LogP) is 2.05. The second-order valence-corrected chi connectivity index (χ2v) is 3.35. The second-order valence-electron chi connectivity index (χ2n) is 3.35. The van der Waals surface area contributed by atoms with Crippen molar-refractivity contribution in [3.8, 4) is 0 Å². The minimum atomic E-state index is 0.731. The first kappa shape index (κ1) is 10.7. The van der Waals surface area contributed by atoms with Crippen LogP contribution in [0.3, 0.4) is 0 Å². The van der Waals surface area contributed by atoms with Crippen molar-refractivity contribution >= 4 is 0 Å². The molecule has 0 saturated heterocycles. The van der Waals surface area contributed by atoms with Crippen LogP contribution < -0.4 is 5.32 Å². The fourth-order valence-corrected chi connectivity index (χ4v) is 1.13. The van der Waals surface area contributed by atoms with Gasteiger partial charge in [0, 0.05) is 18.3 Å². The van der Waals surface area contributed by atoms with E-state index in [0.717, 1.165) is 36.6 Å². The summed E-state index contributed by atoms with van der Waals surface area (Å²) in [7, 11) is 0. The van der Waals surface area contributed by atoms with E-state index in [0.29, 0.717) is 0 Å². The van der Waals surface area contributed by atoms with E-state index in [4.69, 9.17) is 0 Å². The van der Waals surface area contributed by atoms with E-state index in [2.05, 4.69) is 28.8 Å². The Morgan fingerprint density at radius 1 is 1.57 bits per heavy atom. The van der Waals surface area contributed by atoms with Gasteiger partial charge in [-0.05, 0) is 19.4 Å². The molecule has 1 aromatic rings. The van der Waals surface area contributed by atoms with Crippen LogP contribution in [0.4, 0.5) is 0 Å². The molecule has 3 nitrogen and oxygen atoms in total. The van der Waals surface area contributed by atoms with Gasteiger partial charge in [-0.1, -0.05) is 13.5 Å². The normalized spacial score (nSPS) is 9.86. The van der Waals surface area contributed by atoms with E-state index in [9.17, 15) is 0 Å². The number of hydrogen-bond acceptors (Lipinski definition) is 3. The van der Waals surface area contributed by atoms with Crippen molar-refractivity contribution in [3.63, 3.8) is 0 Å². The Bertz CT molecular complexity index is 307. The summed E-state index contributed by atoms with van der Waals surface area (Å²) in [5.41, 5.74) is 1.98. The van der Waals surface area contributed by atoms with Gasteiger partial charge in [0.1, 0.15) is 5.82 Å². The van der Waals surface area contributed by atoms with Crippen molar-refractivity contribution in [2.24, 2.45) is 0 Å². The fraction of sp³-hybridized carbons (Fsp3) is 0.455. The molecular weight excluding hydrogens is 174 g/mol. The number of nitrogens with zero attached hydrogens (tertiary/aromatic N) is 2. The summed E-state index contributed by atoms with van der Waals surface area (Å²) in [4.78, 5) is 8.61. The molecule has 0 fully saturated rings. The minimum Gasteiger partial charge on any atom is -0.383 e. The van der Waals surface area contributed by atoms with E-state index in [1.54, 1.807) is 0 Å². The van der Waals surface area contributed by atoms with Crippen LogP contribution in [0.1, 0.15) is 31.8 Å². The molecule has 0 aromatic carbocycles. The number of rotatable bonds is 5. The summed E-state index contributed by atoms with van der Waals surface area (Å²) in [6.45, 7) is 8.57. The van der Waals surface area contributed by atoms with Gasteiger partial charge in [0.05, 0.1) is 12.2 Å². The highest BCUT2D eigenvalue weighted by Crippen LogP contribution is 1.99. The van der Waals surface area contributed by atoms with Crippen LogP contribution in [-0.2, 0) is 13.0 Å². The van der Waals surface area contributed by atoms with Crippen molar-refractivity contribution in [2.45, 2.75) is 33.2 Å². The van der Waals surface area contributed by atoms with Gasteiger partial charge in [-0.3, -0.25) is 0 Å². The highest BCUT2D eigenvalue weighted by Gasteiger charge is 1.97. The van der Waals surface area contributed by atoms with Gasteiger partial charge in [-0.15, -0.1) is 0 Å². The van der Waals surface area contributed by atoms with Crippen LogP contribution >= 0.6 is 0 Å². The summed E-state index contributed by atoms with van der Waals surface area (Å²) < 4.78 is 0. The van der Waals surface area contributed by atoms with Gasteiger partial charge in [0.15, 0.2) is 0 Å². The molecule has 1 aromatic heterocycles. The summed E-state index contributed by atoms with van der Waals surface area (Å²) in [6.07, 6.45) is 3.84. The molecule has 0 radical (unpaired) electrons. The van der Waals surface area contributed by atoms with Gasteiger partial charge >= 0.3 is 0 Å². The molecule has 0 aliphatic carbocycles. The van der Waals surface area contributed by atoms with Gasteiger partial charge in [-0.2, -0.15) is 0 Å². The summed E-state index contributed by atoms with van der Waals surface area (Å²) in [6, 6.07) is 1.93. The highest BCUT2D eigenvalue weighted by atomic mass is 14.9. The van der Waals surface area contributed by atoms with Gasteiger partial charge < -0.3 is 5.32 Å². The SMILES string of the molecule is C=C(C)NCc1ccnc(CCC)n1. The Morgan fingerprint density at radius 2 is 2.36 bits per heavy atom. The lowest BCUT2D eigenvalue weighted by atomic mass is 10.3. The van der Waals surface area contributed by atoms with Crippen molar-refractivity contribution in [3.05, 3.63) is 36.1 Å². The third-order valence-electron chi connectivity index (χ3n) is 1.81. The number of aryl methyl sites for hydroxylation is 1. The zero-order chi connectivity index (χ0) is 10.4. The molecule has 0 bridgehead atoms. The smallest absolute Gasteiger partial charge is 0.128 e. The van der Waals surface area contributed by atoms with Gasteiger partial charge in [0.2, 0.25) is 0 Å². The average Bonchev–Trinajstić information content (AvgIpc) is 2.16. The zero-order valence-corrected chi connectivity index (χ0v) is 8.88. The second kappa shape index (κ2) is 5.37. The predicted molar refractivity (Wildman–Crippen MR) is 57.7 cm³/mol. The van der Waals surface area contributed by atoms with Gasteiger partial charge in [-0.25, -0.2) is 9.97 Å². The Kier molecular flexibility index (Phi) is 4.11. The molecule has 1 N–H and O–H groups in total. The van der Waals surface area contributed by atoms with Crippen LogP contribution in [-0.4, -0.2) is 9.97 Å². The molecule has 0 atom stereocenters. The van der Waals surface area contributed by atoms with Crippen molar-refractivity contribution in [2.75, 3.05) is 0 Å². The van der Waals surface area contributed by atoms with Crippen LogP contribution in [0, 0.1) is 0 Å². The third-order valence-corrected chi connectivity index (χ3v) is 1.81. The van der Waals surface area contributed by atoms with Crippen LogP contribution in [0.15, 0.2) is 24.5 Å². The fourth-order valence-electron chi connectivity index (χ4n) is 1.13. The summed E-state index contributed by atoms with van der Waals surface area (Å²) in [5.74, 6) is 0.925. The van der Waals surface area contributed by atoms with Crippen molar-refractivity contribution < 1.29 is 0 Å². The van der Waals surface area contributed by atoms with Crippen molar-refractivity contribution in [1.82, 2.24) is 15.3 Å². The maximum Gasteiger partial charge on any atom is 0.128 e. The van der Waals surface area contributed by atoms with Crippen molar-refractivity contribution in [1.29, 1.82) is 0 Å². The number of allylic oxidation sites excluding steroid dienone is 1. The molecule has 3 heteroatoms. The molecule has 0 saturated carbocycles. The Balaban J connectivity index is 2.58. The first-order valence-corrected chi connectivity index (χ1v) is 4.92. The lowest BCUT2D eigenvalue weighted by Crippen LogP contribution is -2.11. The molecule has 1 rings (SSSR count). The maximum absolute atomic E-state index is 4.42. The lowest BCUT2D eigenvalue weighted by molar-refractivity contribution is 0.755. The number of aromatic nitrogens is 2. The molecular formula is C11H17N3. The number of nitrogens with one attached hydrogen (secondary N) is 1. The van der Waals surface area contributed by atoms with Crippen LogP contribution in [0.2, 0.25) is 0 Å². The molecule has 76 valence electrons. The van der Waals surface area contributed by atoms with Crippen LogP contribution in [0.5, 0.6) is 0 Å². The molecule has 1 heterocycles. The zero-order valence-electron chi connectivity index (χ0n) is 8.88. The molecule has 0 spiro atoms. The van der Waals surface area contributed by atoms with E-state index in [1.165, 1.54) is 0 Å². The van der Waals surface area contributed by atoms with E-state index >= 15 is 0 Å². The lowest BCUT2D eigenvalue weighted by Gasteiger charge is -2.05. The molecule has 14 heavy (non-hydrogen) atoms. The largest absolute Gasteiger partial charge is 0.383 e. The highest BCUT2D eigenvalue weighted by molar-refractivity contribution is 5.03. The van der Waals surface area contributed by atoms with E-state index in [1.807, 2.05) is 19.2 Å². The molecule has 0 aliphatic heterocycles. The van der Waals surface area contributed by atoms with E-state index in [-0.39, 0.29) is 0 Å². The molecule has 0 unspecified atom stereocenters. The third kappa shape index (κ3) is 3.56. The standard InChI is InChI=1S/C11H17N3/c1-4-5-11-12-7-6-10(14-11)8-13-9(2)3/h6-7,13H,2,4-5,8H2,1,3H3. The Hall–Kier alpha value is -1.38. The average molecular weight is 191 g/mol. The monoisotopic (exact) mass is 191 g/mol. The molecule has 0 aliphatic rings. The minimum absolute atomic E-state index is 0.731. The first-order valence-electron chi connectivity index (χ1n) is 4.92. The Morgan fingerprint density at radius 3 is 3.00 bits per heavy atom. The quantitative estimate of drug-likeness (QED) is 0.774. The topological polar surface area (TPSA) is 37.8 Å². The first-order chi connectivity index (χ1) is 6.72. The van der Waals surface area contributed by atoms with Gasteiger partial charge in [0.25, 0.3) is 0 Å². The summed E-state index contributed by atoms with van der Waals surface area (Å²) in [5, 5.41) is 3.15. The Labute approximate surface area is 85.3 Å². The maximum atomic E-state index is 4.42. The van der Waals surface area contributed by atoms with Crippen LogP contribution in [0.25, 0.3) is 0 Å².